The Labute approximate surface area is 105 Å². The van der Waals surface area contributed by atoms with Crippen LogP contribution in [0.1, 0.15) is 0 Å². The number of hydrogen-bond donors (Lipinski definition) is 0. The van der Waals surface area contributed by atoms with E-state index in [0.29, 0.717) is 0 Å². The molecule has 0 saturated heterocycles. The quantitative estimate of drug-likeness (QED) is 0.411. The Morgan fingerprint density at radius 3 is 1.79 bits per heavy atom. The molecule has 2 rings (SSSR count). The zero-order chi connectivity index (χ0) is 14.8. The molecule has 2 nitrogen and oxygen atoms in total. The molecule has 1 aromatic carbocycles. The summed E-state index contributed by atoms with van der Waals surface area (Å²) in [6.07, 6.45) is 6.09. The Morgan fingerprint density at radius 1 is 0.947 bits per heavy atom. The van der Waals surface area contributed by atoms with Gasteiger partial charge in [0.25, 0.3) is 0 Å². The van der Waals surface area contributed by atoms with Gasteiger partial charge in [-0.05, 0) is 12.1 Å². The fraction of sp³-hybridized carbons (Fsp3) is 0.100. The fourth-order valence-electron chi connectivity index (χ4n) is 1.20. The topological polar surface area (TPSA) is 8.81 Å². The number of halogens is 6. The molecule has 0 radical (unpaired) electrons. The predicted molar refractivity (Wildman–Crippen MR) is 60.5 cm³/mol. The van der Waals surface area contributed by atoms with Crippen LogP contribution in [0.15, 0.2) is 49.1 Å². The third-order valence-electron chi connectivity index (χ3n) is 1.82. The Morgan fingerprint density at radius 2 is 1.42 bits per heavy atom. The number of hydrogen-bond acceptors (Lipinski definition) is 0. The van der Waals surface area contributed by atoms with Gasteiger partial charge in [-0.1, -0.05) is 18.2 Å². The average Bonchev–Trinajstić information content (AvgIpc) is 2.61. The van der Waals surface area contributed by atoms with E-state index in [1.165, 1.54) is 5.69 Å². The molecule has 0 fully saturated rings. The van der Waals surface area contributed by atoms with E-state index in [9.17, 15) is 25.2 Å². The molecule has 0 aliphatic carbocycles. The molecule has 0 saturated carbocycles. The first-order valence-electron chi connectivity index (χ1n) is 4.96. The molecular formula is C10H11F6N2P. The summed E-state index contributed by atoms with van der Waals surface area (Å²) in [5.74, 6) is 0. The fourth-order valence-corrected chi connectivity index (χ4v) is 1.20. The first-order valence-corrected chi connectivity index (χ1v) is 6.99. The van der Waals surface area contributed by atoms with Crippen LogP contribution < -0.4 is 4.57 Å². The summed E-state index contributed by atoms with van der Waals surface area (Å²) in [7, 11) is -8.64. The van der Waals surface area contributed by atoms with Gasteiger partial charge in [0, 0.05) is 0 Å². The van der Waals surface area contributed by atoms with Crippen LogP contribution >= 0.6 is 7.81 Å². The van der Waals surface area contributed by atoms with Crippen molar-refractivity contribution in [3.63, 3.8) is 0 Å². The Bertz CT molecular complexity index is 534. The molecule has 0 spiro atoms. The van der Waals surface area contributed by atoms with Gasteiger partial charge < -0.3 is 0 Å². The molecule has 0 aliphatic heterocycles. The number of para-hydroxylation sites is 1. The van der Waals surface area contributed by atoms with Gasteiger partial charge in [0.2, 0.25) is 6.33 Å². The molecule has 0 N–H and O–H groups in total. The van der Waals surface area contributed by atoms with Crippen molar-refractivity contribution >= 4 is 7.81 Å². The van der Waals surface area contributed by atoms with Crippen LogP contribution in [0.5, 0.6) is 0 Å². The molecule has 9 heteroatoms. The number of imidazole rings is 1. The first kappa shape index (κ1) is 15.5. The van der Waals surface area contributed by atoms with Crippen LogP contribution in [-0.4, -0.2) is 4.57 Å². The van der Waals surface area contributed by atoms with E-state index in [-0.39, 0.29) is 0 Å². The van der Waals surface area contributed by atoms with Gasteiger partial charge >= 0.3 is 33.0 Å². The molecule has 1 heterocycles. The van der Waals surface area contributed by atoms with Crippen molar-refractivity contribution in [2.45, 2.75) is 0 Å². The third kappa shape index (κ3) is 9.07. The maximum atomic E-state index is 9.87. The molecule has 2 aromatic rings. The second kappa shape index (κ2) is 4.23. The second-order valence-electron chi connectivity index (χ2n) is 3.78. The van der Waals surface area contributed by atoms with Crippen molar-refractivity contribution < 1.29 is 29.7 Å². The Balaban J connectivity index is 0.000000224. The Hall–Kier alpha value is -1.56. The summed E-state index contributed by atoms with van der Waals surface area (Å²) in [4.78, 5) is 0. The van der Waals surface area contributed by atoms with Gasteiger partial charge in [-0.3, -0.25) is 0 Å². The molecule has 0 amide bonds. The van der Waals surface area contributed by atoms with E-state index >= 15 is 0 Å². The van der Waals surface area contributed by atoms with Crippen LogP contribution in [0.25, 0.3) is 5.69 Å². The van der Waals surface area contributed by atoms with Gasteiger partial charge in [0.15, 0.2) is 0 Å². The van der Waals surface area contributed by atoms with Crippen LogP contribution in [-0.2, 0) is 7.05 Å². The van der Waals surface area contributed by atoms with Crippen LogP contribution in [0, 0.1) is 0 Å². The molecule has 0 bridgehead atoms. The normalized spacial score (nSPS) is 14.9. The van der Waals surface area contributed by atoms with Gasteiger partial charge in [-0.25, -0.2) is 9.13 Å². The van der Waals surface area contributed by atoms with Gasteiger partial charge in [0.1, 0.15) is 18.1 Å². The van der Waals surface area contributed by atoms with E-state index < -0.39 is 7.81 Å². The van der Waals surface area contributed by atoms with Crippen molar-refractivity contribution in [2.24, 2.45) is 7.05 Å². The molecule has 1 aromatic heterocycles. The summed E-state index contributed by atoms with van der Waals surface area (Å²) >= 11 is 0. The summed E-state index contributed by atoms with van der Waals surface area (Å²) < 4.78 is 63.3. The molecule has 19 heavy (non-hydrogen) atoms. The average molecular weight is 304 g/mol. The molecule has 0 atom stereocenters. The van der Waals surface area contributed by atoms with Crippen LogP contribution in [0.2, 0.25) is 0 Å². The van der Waals surface area contributed by atoms with Crippen molar-refractivity contribution in [3.8, 4) is 5.69 Å². The number of aromatic nitrogens is 2. The summed E-state index contributed by atoms with van der Waals surface area (Å²) in [6.45, 7) is 0. The van der Waals surface area contributed by atoms with Crippen molar-refractivity contribution in [1.82, 2.24) is 4.57 Å². The standard InChI is InChI=1S/C10H11N2.F6P/c1-11-7-8-12(9-11)10-5-3-2-4-6-10;1-7(2,3,4,5)6/h2-9H,1H3;/q+1;-1. The van der Waals surface area contributed by atoms with E-state index in [4.69, 9.17) is 0 Å². The monoisotopic (exact) mass is 304 g/mol. The van der Waals surface area contributed by atoms with Crippen LogP contribution in [0.3, 0.4) is 0 Å². The first-order chi connectivity index (χ1) is 8.31. The van der Waals surface area contributed by atoms with E-state index in [1.54, 1.807) is 0 Å². The molecular weight excluding hydrogens is 293 g/mol. The van der Waals surface area contributed by atoms with E-state index in [0.717, 1.165) is 0 Å². The molecule has 108 valence electrons. The zero-order valence-electron chi connectivity index (χ0n) is 9.73. The maximum absolute atomic E-state index is 10.7. The number of benzene rings is 1. The van der Waals surface area contributed by atoms with Gasteiger partial charge in [-0.15, -0.1) is 0 Å². The number of rotatable bonds is 1. The minimum absolute atomic E-state index is 1.19. The third-order valence-corrected chi connectivity index (χ3v) is 1.82. The number of nitrogens with zero attached hydrogens (tertiary/aromatic N) is 2. The summed E-state index contributed by atoms with van der Waals surface area (Å²) in [5, 5.41) is 0. The van der Waals surface area contributed by atoms with Gasteiger partial charge in [0.05, 0.1) is 7.05 Å². The number of aryl methyl sites for hydroxylation is 1. The predicted octanol–water partition coefficient (Wildman–Crippen LogP) is 4.68. The second-order valence-corrected chi connectivity index (χ2v) is 5.70. The molecule has 0 unspecified atom stereocenters. The van der Waals surface area contributed by atoms with Crippen molar-refractivity contribution in [3.05, 3.63) is 49.1 Å². The van der Waals surface area contributed by atoms with Gasteiger partial charge in [-0.2, -0.15) is 0 Å². The summed E-state index contributed by atoms with van der Waals surface area (Å²) in [5.41, 5.74) is 1.19. The molecule has 0 aliphatic rings. The Kier molecular flexibility index (Phi) is 3.45. The van der Waals surface area contributed by atoms with E-state index in [1.807, 2.05) is 48.5 Å². The SMILES string of the molecule is C[n+]1ccn(-c2ccccc2)c1.F[P-](F)(F)(F)(F)F. The van der Waals surface area contributed by atoms with Crippen molar-refractivity contribution in [2.75, 3.05) is 0 Å². The van der Waals surface area contributed by atoms with Crippen LogP contribution in [0.4, 0.5) is 25.2 Å². The summed E-state index contributed by atoms with van der Waals surface area (Å²) in [6, 6.07) is 10.3. The minimum atomic E-state index is -10.7. The zero-order valence-corrected chi connectivity index (χ0v) is 10.6. The van der Waals surface area contributed by atoms with E-state index in [2.05, 4.69) is 16.7 Å². The van der Waals surface area contributed by atoms with Crippen molar-refractivity contribution in [1.29, 1.82) is 0 Å².